The molecule has 0 amide bonds. The predicted molar refractivity (Wildman–Crippen MR) is 64.7 cm³/mol. The maximum Gasteiger partial charge on any atom is 0.00388 e. The van der Waals surface area contributed by atoms with E-state index in [1.165, 1.54) is 25.8 Å². The second kappa shape index (κ2) is 8.25. The fourth-order valence-corrected chi connectivity index (χ4v) is 1.43. The molecule has 0 aliphatic heterocycles. The topological polar surface area (TPSA) is 15.3 Å². The van der Waals surface area contributed by atoms with Crippen LogP contribution < -0.4 is 5.32 Å². The Morgan fingerprint density at radius 2 is 1.71 bits per heavy atom. The molecular weight excluding hydrogens is 172 g/mol. The second-order valence-corrected chi connectivity index (χ2v) is 4.98. The van der Waals surface area contributed by atoms with Gasteiger partial charge in [-0.1, -0.05) is 13.8 Å². The molecule has 0 unspecified atom stereocenters. The van der Waals surface area contributed by atoms with E-state index in [1.807, 2.05) is 0 Å². The van der Waals surface area contributed by atoms with Crippen molar-refractivity contribution in [3.8, 4) is 0 Å². The van der Waals surface area contributed by atoms with Crippen LogP contribution in [0.1, 0.15) is 40.0 Å². The highest BCUT2D eigenvalue weighted by Gasteiger charge is 2.02. The van der Waals surface area contributed by atoms with Gasteiger partial charge >= 0.3 is 0 Å². The third-order valence-electron chi connectivity index (χ3n) is 2.45. The van der Waals surface area contributed by atoms with E-state index in [9.17, 15) is 0 Å². The van der Waals surface area contributed by atoms with E-state index in [0.29, 0.717) is 6.04 Å². The van der Waals surface area contributed by atoms with Gasteiger partial charge in [0.1, 0.15) is 0 Å². The zero-order valence-electron chi connectivity index (χ0n) is 10.6. The van der Waals surface area contributed by atoms with Gasteiger partial charge < -0.3 is 10.2 Å². The molecule has 1 N–H and O–H groups in total. The highest BCUT2D eigenvalue weighted by Crippen LogP contribution is 2.06. The summed E-state index contributed by atoms with van der Waals surface area (Å²) in [5.74, 6) is 0.834. The Hall–Kier alpha value is -0.0800. The van der Waals surface area contributed by atoms with Gasteiger partial charge in [0, 0.05) is 6.04 Å². The summed E-state index contributed by atoms with van der Waals surface area (Å²) < 4.78 is 0. The van der Waals surface area contributed by atoms with Gasteiger partial charge in [-0.3, -0.25) is 0 Å². The largest absolute Gasteiger partial charge is 0.314 e. The Balaban J connectivity index is 3.22. The molecule has 0 fully saturated rings. The Morgan fingerprint density at radius 1 is 1.07 bits per heavy atom. The summed E-state index contributed by atoms with van der Waals surface area (Å²) in [4.78, 5) is 2.24. The van der Waals surface area contributed by atoms with Crippen molar-refractivity contribution in [3.05, 3.63) is 0 Å². The first-order chi connectivity index (χ1) is 6.52. The van der Waals surface area contributed by atoms with Crippen molar-refractivity contribution < 1.29 is 0 Å². The molecule has 0 heterocycles. The third-order valence-corrected chi connectivity index (χ3v) is 2.45. The molecule has 2 heteroatoms. The summed E-state index contributed by atoms with van der Waals surface area (Å²) in [6.45, 7) is 9.21. The van der Waals surface area contributed by atoms with Crippen LogP contribution >= 0.6 is 0 Å². The third kappa shape index (κ3) is 10.0. The summed E-state index contributed by atoms with van der Waals surface area (Å²) in [7, 11) is 4.25. The van der Waals surface area contributed by atoms with Crippen molar-refractivity contribution in [2.75, 3.05) is 27.2 Å². The van der Waals surface area contributed by atoms with E-state index in [-0.39, 0.29) is 0 Å². The second-order valence-electron chi connectivity index (χ2n) is 4.98. The van der Waals surface area contributed by atoms with Crippen LogP contribution in [0.4, 0.5) is 0 Å². The molecule has 2 nitrogen and oxygen atoms in total. The summed E-state index contributed by atoms with van der Waals surface area (Å²) in [6, 6.07) is 0.680. The van der Waals surface area contributed by atoms with Gasteiger partial charge in [-0.2, -0.15) is 0 Å². The van der Waals surface area contributed by atoms with Crippen LogP contribution in [0.5, 0.6) is 0 Å². The van der Waals surface area contributed by atoms with E-state index in [2.05, 4.69) is 45.1 Å². The Morgan fingerprint density at radius 3 is 2.21 bits per heavy atom. The summed E-state index contributed by atoms with van der Waals surface area (Å²) in [5.41, 5.74) is 0. The molecule has 0 rings (SSSR count). The first-order valence-electron chi connectivity index (χ1n) is 5.90. The molecule has 86 valence electrons. The smallest absolute Gasteiger partial charge is 0.00388 e. The van der Waals surface area contributed by atoms with Gasteiger partial charge in [0.2, 0.25) is 0 Å². The first-order valence-corrected chi connectivity index (χ1v) is 5.90. The molecule has 0 aliphatic rings. The number of nitrogens with zero attached hydrogens (tertiary/aromatic N) is 1. The van der Waals surface area contributed by atoms with E-state index >= 15 is 0 Å². The summed E-state index contributed by atoms with van der Waals surface area (Å²) >= 11 is 0. The minimum atomic E-state index is 0.680. The van der Waals surface area contributed by atoms with Gasteiger partial charge in [-0.15, -0.1) is 0 Å². The number of nitrogens with one attached hydrogen (secondary N) is 1. The maximum absolute atomic E-state index is 3.57. The van der Waals surface area contributed by atoms with Crippen LogP contribution in [0.2, 0.25) is 0 Å². The normalized spacial score (nSPS) is 13.9. The molecule has 0 bridgehead atoms. The van der Waals surface area contributed by atoms with Crippen LogP contribution in [0.15, 0.2) is 0 Å². The standard InChI is InChI=1S/C12H28N2/c1-11(2)7-8-12(3)13-9-6-10-14(4)5/h11-13H,6-10H2,1-5H3/t12-/m0/s1. The average Bonchev–Trinajstić information content (AvgIpc) is 2.08. The number of rotatable bonds is 8. The van der Waals surface area contributed by atoms with Crippen molar-refractivity contribution in [3.63, 3.8) is 0 Å². The average molecular weight is 200 g/mol. The quantitative estimate of drug-likeness (QED) is 0.605. The summed E-state index contributed by atoms with van der Waals surface area (Å²) in [6.07, 6.45) is 3.89. The predicted octanol–water partition coefficient (Wildman–Crippen LogP) is 2.35. The van der Waals surface area contributed by atoms with Crippen molar-refractivity contribution in [1.29, 1.82) is 0 Å². The van der Waals surface area contributed by atoms with Crippen molar-refractivity contribution in [2.45, 2.75) is 46.1 Å². The van der Waals surface area contributed by atoms with E-state index < -0.39 is 0 Å². The molecule has 0 aliphatic carbocycles. The monoisotopic (exact) mass is 200 g/mol. The lowest BCUT2D eigenvalue weighted by atomic mass is 10.0. The molecule has 0 radical (unpaired) electrons. The summed E-state index contributed by atoms with van der Waals surface area (Å²) in [5, 5.41) is 3.57. The zero-order chi connectivity index (χ0) is 11.0. The van der Waals surface area contributed by atoms with Crippen LogP contribution in [0.25, 0.3) is 0 Å². The van der Waals surface area contributed by atoms with Gasteiger partial charge in [0.25, 0.3) is 0 Å². The lowest BCUT2D eigenvalue weighted by Gasteiger charge is -2.16. The SMILES string of the molecule is CC(C)CC[C@H](C)NCCCN(C)C. The zero-order valence-corrected chi connectivity index (χ0v) is 10.6. The molecular formula is C12H28N2. The van der Waals surface area contributed by atoms with E-state index in [1.54, 1.807) is 0 Å². The minimum absolute atomic E-state index is 0.680. The van der Waals surface area contributed by atoms with Gasteiger partial charge in [0.15, 0.2) is 0 Å². The fraction of sp³-hybridized carbons (Fsp3) is 1.00. The molecule has 0 saturated heterocycles. The minimum Gasteiger partial charge on any atom is -0.314 e. The highest BCUT2D eigenvalue weighted by molar-refractivity contribution is 4.62. The van der Waals surface area contributed by atoms with Gasteiger partial charge in [-0.25, -0.2) is 0 Å². The van der Waals surface area contributed by atoms with Gasteiger partial charge in [-0.05, 0) is 59.3 Å². The van der Waals surface area contributed by atoms with E-state index in [0.717, 1.165) is 12.5 Å². The van der Waals surface area contributed by atoms with Crippen LogP contribution in [0, 0.1) is 5.92 Å². The maximum atomic E-state index is 3.57. The lowest BCUT2D eigenvalue weighted by Crippen LogP contribution is -2.29. The number of hydrogen-bond acceptors (Lipinski definition) is 2. The molecule has 14 heavy (non-hydrogen) atoms. The molecule has 0 aromatic carbocycles. The van der Waals surface area contributed by atoms with Crippen molar-refractivity contribution in [2.24, 2.45) is 5.92 Å². The van der Waals surface area contributed by atoms with Crippen LogP contribution in [-0.2, 0) is 0 Å². The van der Waals surface area contributed by atoms with Gasteiger partial charge in [0.05, 0.1) is 0 Å². The first kappa shape index (κ1) is 13.9. The molecule has 0 aromatic heterocycles. The van der Waals surface area contributed by atoms with E-state index in [4.69, 9.17) is 0 Å². The molecule has 0 spiro atoms. The van der Waals surface area contributed by atoms with Crippen molar-refractivity contribution >= 4 is 0 Å². The van der Waals surface area contributed by atoms with Crippen LogP contribution in [0.3, 0.4) is 0 Å². The number of hydrogen-bond donors (Lipinski definition) is 1. The highest BCUT2D eigenvalue weighted by atomic mass is 15.1. The Kier molecular flexibility index (Phi) is 8.20. The molecule has 0 saturated carbocycles. The van der Waals surface area contributed by atoms with Crippen LogP contribution in [-0.4, -0.2) is 38.1 Å². The Bertz CT molecular complexity index is 121. The molecule has 1 atom stereocenters. The van der Waals surface area contributed by atoms with Crippen molar-refractivity contribution in [1.82, 2.24) is 10.2 Å². The molecule has 0 aromatic rings. The fourth-order valence-electron chi connectivity index (χ4n) is 1.43. The Labute approximate surface area is 90.1 Å². The lowest BCUT2D eigenvalue weighted by molar-refractivity contribution is 0.380.